The van der Waals surface area contributed by atoms with Gasteiger partial charge in [-0.15, -0.1) is 0 Å². The highest BCUT2D eigenvalue weighted by Gasteiger charge is 2.20. The Morgan fingerprint density at radius 3 is 2.21 bits per heavy atom. The first-order chi connectivity index (χ1) is 9.16. The van der Waals surface area contributed by atoms with Gasteiger partial charge in [0.25, 0.3) is 0 Å². The van der Waals surface area contributed by atoms with Crippen LogP contribution in [0.15, 0.2) is 30.3 Å². The van der Waals surface area contributed by atoms with Crippen molar-refractivity contribution in [1.29, 1.82) is 0 Å². The minimum atomic E-state index is 0.577. The molecule has 1 aliphatic rings. The van der Waals surface area contributed by atoms with Gasteiger partial charge in [-0.1, -0.05) is 32.0 Å². The minimum Gasteiger partial charge on any atom is -0.369 e. The van der Waals surface area contributed by atoms with Crippen LogP contribution in [-0.2, 0) is 0 Å². The molecule has 19 heavy (non-hydrogen) atoms. The summed E-state index contributed by atoms with van der Waals surface area (Å²) in [5.74, 6) is 0. The zero-order chi connectivity index (χ0) is 13.7. The summed E-state index contributed by atoms with van der Waals surface area (Å²) in [6.07, 6.45) is 0. The quantitative estimate of drug-likeness (QED) is 0.876. The summed E-state index contributed by atoms with van der Waals surface area (Å²) in [5.41, 5.74) is 1.36. The van der Waals surface area contributed by atoms with E-state index in [1.807, 2.05) is 0 Å². The highest BCUT2D eigenvalue weighted by atomic mass is 15.3. The van der Waals surface area contributed by atoms with Gasteiger partial charge in [-0.2, -0.15) is 0 Å². The number of nitrogens with one attached hydrogen (secondary N) is 1. The van der Waals surface area contributed by atoms with Crippen molar-refractivity contribution in [3.63, 3.8) is 0 Å². The molecule has 1 unspecified atom stereocenters. The second kappa shape index (κ2) is 6.92. The number of hydrogen-bond acceptors (Lipinski definition) is 3. The second-order valence-electron chi connectivity index (χ2n) is 5.77. The Bertz CT molecular complexity index is 356. The van der Waals surface area contributed by atoms with Gasteiger partial charge in [0.15, 0.2) is 0 Å². The summed E-state index contributed by atoms with van der Waals surface area (Å²) in [6.45, 7) is 12.4. The maximum atomic E-state index is 3.53. The van der Waals surface area contributed by atoms with E-state index in [0.717, 1.165) is 32.7 Å². The lowest BCUT2D eigenvalue weighted by Crippen LogP contribution is -2.52. The molecule has 1 atom stereocenters. The molecule has 0 saturated carbocycles. The molecule has 2 rings (SSSR count). The fourth-order valence-corrected chi connectivity index (χ4v) is 2.60. The summed E-state index contributed by atoms with van der Waals surface area (Å²) in [7, 11) is 0. The number of hydrogen-bond donors (Lipinski definition) is 1. The number of nitrogens with zero attached hydrogens (tertiary/aromatic N) is 2. The summed E-state index contributed by atoms with van der Waals surface area (Å²) in [4.78, 5) is 5.08. The fraction of sp³-hybridized carbons (Fsp3) is 0.625. The zero-order valence-electron chi connectivity index (χ0n) is 12.5. The maximum Gasteiger partial charge on any atom is 0.0367 e. The lowest BCUT2D eigenvalue weighted by molar-refractivity contribution is 0.191. The minimum absolute atomic E-state index is 0.577. The van der Waals surface area contributed by atoms with Crippen molar-refractivity contribution in [3.05, 3.63) is 30.3 Å². The number of benzene rings is 1. The summed E-state index contributed by atoms with van der Waals surface area (Å²) >= 11 is 0. The molecule has 1 aromatic carbocycles. The molecule has 3 nitrogen and oxygen atoms in total. The molecule has 0 amide bonds. The second-order valence-corrected chi connectivity index (χ2v) is 5.77. The van der Waals surface area contributed by atoms with Gasteiger partial charge in [0.1, 0.15) is 0 Å². The highest BCUT2D eigenvalue weighted by molar-refractivity contribution is 5.46. The first-order valence-electron chi connectivity index (χ1n) is 7.44. The topological polar surface area (TPSA) is 18.5 Å². The number of rotatable bonds is 5. The van der Waals surface area contributed by atoms with Crippen molar-refractivity contribution >= 4 is 5.69 Å². The van der Waals surface area contributed by atoms with E-state index in [9.17, 15) is 0 Å². The average Bonchev–Trinajstić information content (AvgIpc) is 2.46. The lowest BCUT2D eigenvalue weighted by Gasteiger charge is -2.39. The molecule has 1 saturated heterocycles. The monoisotopic (exact) mass is 261 g/mol. The Morgan fingerprint density at radius 2 is 1.63 bits per heavy atom. The van der Waals surface area contributed by atoms with Gasteiger partial charge in [0.2, 0.25) is 0 Å². The van der Waals surface area contributed by atoms with Crippen molar-refractivity contribution in [2.24, 2.45) is 0 Å². The third kappa shape index (κ3) is 4.22. The van der Waals surface area contributed by atoms with Gasteiger partial charge in [-0.25, -0.2) is 0 Å². The van der Waals surface area contributed by atoms with Gasteiger partial charge in [-0.3, -0.25) is 4.90 Å². The Balaban J connectivity index is 1.79. The number of piperazine rings is 1. The van der Waals surface area contributed by atoms with E-state index in [4.69, 9.17) is 0 Å². The molecule has 1 aromatic rings. The van der Waals surface area contributed by atoms with E-state index in [-0.39, 0.29) is 0 Å². The van der Waals surface area contributed by atoms with E-state index >= 15 is 0 Å². The SMILES string of the molecule is CC(C)NCC(C)N1CCN(c2ccccc2)CC1. The molecule has 0 aromatic heterocycles. The molecule has 1 fully saturated rings. The fourth-order valence-electron chi connectivity index (χ4n) is 2.60. The van der Waals surface area contributed by atoms with Crippen molar-refractivity contribution in [1.82, 2.24) is 10.2 Å². The third-order valence-corrected chi connectivity index (χ3v) is 3.88. The number of para-hydroxylation sites is 1. The summed E-state index contributed by atoms with van der Waals surface area (Å²) in [5, 5.41) is 3.53. The summed E-state index contributed by atoms with van der Waals surface area (Å²) in [6, 6.07) is 11.9. The Kier molecular flexibility index (Phi) is 5.23. The predicted molar refractivity (Wildman–Crippen MR) is 82.8 cm³/mol. The van der Waals surface area contributed by atoms with Crippen LogP contribution in [0.5, 0.6) is 0 Å². The smallest absolute Gasteiger partial charge is 0.0367 e. The standard InChI is InChI=1S/C16H27N3/c1-14(2)17-13-15(3)18-9-11-19(12-10-18)16-7-5-4-6-8-16/h4-8,14-15,17H,9-13H2,1-3H3. The van der Waals surface area contributed by atoms with Crippen LogP contribution in [0.3, 0.4) is 0 Å². The molecule has 106 valence electrons. The lowest BCUT2D eigenvalue weighted by atomic mass is 10.2. The zero-order valence-corrected chi connectivity index (χ0v) is 12.5. The third-order valence-electron chi connectivity index (χ3n) is 3.88. The molecule has 0 aliphatic carbocycles. The molecular formula is C16H27N3. The van der Waals surface area contributed by atoms with Crippen LogP contribution in [-0.4, -0.2) is 49.7 Å². The van der Waals surface area contributed by atoms with Crippen LogP contribution in [0.25, 0.3) is 0 Å². The van der Waals surface area contributed by atoms with Gasteiger partial charge in [0, 0.05) is 50.5 Å². The number of anilines is 1. The van der Waals surface area contributed by atoms with Crippen LogP contribution < -0.4 is 10.2 Å². The van der Waals surface area contributed by atoms with Crippen LogP contribution >= 0.6 is 0 Å². The predicted octanol–water partition coefficient (Wildman–Crippen LogP) is 2.20. The van der Waals surface area contributed by atoms with Crippen LogP contribution in [0.1, 0.15) is 20.8 Å². The van der Waals surface area contributed by atoms with E-state index in [2.05, 4.69) is 66.2 Å². The van der Waals surface area contributed by atoms with Gasteiger partial charge in [-0.05, 0) is 19.1 Å². The van der Waals surface area contributed by atoms with Crippen molar-refractivity contribution in [3.8, 4) is 0 Å². The first-order valence-corrected chi connectivity index (χ1v) is 7.44. The molecular weight excluding hydrogens is 234 g/mol. The summed E-state index contributed by atoms with van der Waals surface area (Å²) < 4.78 is 0. The molecule has 0 bridgehead atoms. The Labute approximate surface area is 117 Å². The Hall–Kier alpha value is -1.06. The van der Waals surface area contributed by atoms with E-state index in [0.29, 0.717) is 12.1 Å². The van der Waals surface area contributed by atoms with E-state index < -0.39 is 0 Å². The average molecular weight is 261 g/mol. The Morgan fingerprint density at radius 1 is 1.00 bits per heavy atom. The molecule has 1 heterocycles. The molecule has 0 spiro atoms. The normalized spacial score (nSPS) is 18.8. The van der Waals surface area contributed by atoms with Gasteiger partial charge < -0.3 is 10.2 Å². The van der Waals surface area contributed by atoms with Crippen molar-refractivity contribution in [2.75, 3.05) is 37.6 Å². The molecule has 3 heteroatoms. The first kappa shape index (κ1) is 14.4. The maximum absolute atomic E-state index is 3.53. The van der Waals surface area contributed by atoms with Crippen molar-refractivity contribution in [2.45, 2.75) is 32.9 Å². The van der Waals surface area contributed by atoms with Crippen LogP contribution in [0.4, 0.5) is 5.69 Å². The van der Waals surface area contributed by atoms with Crippen LogP contribution in [0.2, 0.25) is 0 Å². The van der Waals surface area contributed by atoms with Gasteiger partial charge in [0.05, 0.1) is 0 Å². The largest absolute Gasteiger partial charge is 0.369 e. The molecule has 1 aliphatic heterocycles. The van der Waals surface area contributed by atoms with E-state index in [1.54, 1.807) is 0 Å². The van der Waals surface area contributed by atoms with Gasteiger partial charge >= 0.3 is 0 Å². The molecule has 1 N–H and O–H groups in total. The highest BCUT2D eigenvalue weighted by Crippen LogP contribution is 2.16. The van der Waals surface area contributed by atoms with Crippen molar-refractivity contribution < 1.29 is 0 Å². The van der Waals surface area contributed by atoms with E-state index in [1.165, 1.54) is 5.69 Å². The van der Waals surface area contributed by atoms with Crippen LogP contribution in [0, 0.1) is 0 Å². The molecule has 0 radical (unpaired) electrons.